The van der Waals surface area contributed by atoms with Crippen molar-refractivity contribution in [2.45, 2.75) is 25.5 Å². The Bertz CT molecular complexity index is 447. The molecule has 2 aromatic rings. The molecule has 0 aromatic carbocycles. The summed E-state index contributed by atoms with van der Waals surface area (Å²) >= 11 is 1.67. The molecule has 3 rings (SSSR count). The van der Waals surface area contributed by atoms with Gasteiger partial charge in [0.05, 0.1) is 18.4 Å². The van der Waals surface area contributed by atoms with Crippen LogP contribution in [0.25, 0.3) is 0 Å². The minimum absolute atomic E-state index is 0.217. The Morgan fingerprint density at radius 3 is 3.31 bits per heavy atom. The Labute approximate surface area is 97.1 Å². The first-order valence-electron chi connectivity index (χ1n) is 5.32. The Morgan fingerprint density at radius 1 is 1.56 bits per heavy atom. The van der Waals surface area contributed by atoms with Crippen molar-refractivity contribution in [1.82, 2.24) is 20.0 Å². The Morgan fingerprint density at radius 2 is 2.56 bits per heavy atom. The molecule has 0 amide bonds. The first-order valence-corrected chi connectivity index (χ1v) is 6.20. The highest BCUT2D eigenvalue weighted by atomic mass is 32.1. The van der Waals surface area contributed by atoms with E-state index in [1.165, 1.54) is 0 Å². The molecule has 0 spiro atoms. The molecule has 0 radical (unpaired) electrons. The summed E-state index contributed by atoms with van der Waals surface area (Å²) in [6, 6.07) is 0. The molecule has 16 heavy (non-hydrogen) atoms. The second kappa shape index (κ2) is 4.31. The third-order valence-corrected chi connectivity index (χ3v) is 3.56. The maximum absolute atomic E-state index is 5.60. The molecule has 1 saturated heterocycles. The Kier molecular flexibility index (Phi) is 2.67. The number of aromatic nitrogens is 4. The van der Waals surface area contributed by atoms with Gasteiger partial charge in [-0.3, -0.25) is 0 Å². The van der Waals surface area contributed by atoms with E-state index in [0.29, 0.717) is 6.54 Å². The molecular formula is C10H12N4OS. The molecule has 2 aromatic heterocycles. The number of hydrogen-bond acceptors (Lipinski definition) is 5. The van der Waals surface area contributed by atoms with Crippen molar-refractivity contribution in [1.29, 1.82) is 0 Å². The van der Waals surface area contributed by atoms with E-state index in [2.05, 4.69) is 20.7 Å². The van der Waals surface area contributed by atoms with Crippen LogP contribution in [0.1, 0.15) is 29.6 Å². The smallest absolute Gasteiger partial charge is 0.122 e. The highest BCUT2D eigenvalue weighted by Crippen LogP contribution is 2.30. The zero-order chi connectivity index (χ0) is 10.8. The number of rotatable bonds is 3. The van der Waals surface area contributed by atoms with Crippen LogP contribution < -0.4 is 0 Å². The SMILES string of the molecule is c1cn(Cc2csc([C@@H]3CCCO3)n2)nn1. The van der Waals surface area contributed by atoms with Crippen LogP contribution in [0.3, 0.4) is 0 Å². The van der Waals surface area contributed by atoms with Gasteiger partial charge in [-0.2, -0.15) is 0 Å². The second-order valence-corrected chi connectivity index (χ2v) is 4.67. The van der Waals surface area contributed by atoms with Gasteiger partial charge in [0.25, 0.3) is 0 Å². The molecule has 84 valence electrons. The van der Waals surface area contributed by atoms with E-state index in [9.17, 15) is 0 Å². The van der Waals surface area contributed by atoms with Gasteiger partial charge in [-0.15, -0.1) is 16.4 Å². The van der Waals surface area contributed by atoms with Crippen LogP contribution in [0.15, 0.2) is 17.8 Å². The lowest BCUT2D eigenvalue weighted by Gasteiger charge is -2.03. The van der Waals surface area contributed by atoms with Crippen LogP contribution in [0.2, 0.25) is 0 Å². The molecule has 5 nitrogen and oxygen atoms in total. The molecule has 0 saturated carbocycles. The summed E-state index contributed by atoms with van der Waals surface area (Å²) in [5, 5.41) is 10.8. The van der Waals surface area contributed by atoms with E-state index in [1.807, 2.05) is 6.20 Å². The van der Waals surface area contributed by atoms with Crippen molar-refractivity contribution >= 4 is 11.3 Å². The van der Waals surface area contributed by atoms with Gasteiger partial charge in [0.2, 0.25) is 0 Å². The molecule has 1 aliphatic rings. The fraction of sp³-hybridized carbons (Fsp3) is 0.500. The van der Waals surface area contributed by atoms with E-state index in [4.69, 9.17) is 4.74 Å². The van der Waals surface area contributed by atoms with Gasteiger partial charge < -0.3 is 4.74 Å². The predicted octanol–water partition coefficient (Wildman–Crippen LogP) is 1.63. The van der Waals surface area contributed by atoms with E-state index in [0.717, 1.165) is 30.2 Å². The largest absolute Gasteiger partial charge is 0.371 e. The van der Waals surface area contributed by atoms with Crippen molar-refractivity contribution in [3.63, 3.8) is 0 Å². The lowest BCUT2D eigenvalue weighted by atomic mass is 10.2. The fourth-order valence-corrected chi connectivity index (χ4v) is 2.69. The second-order valence-electron chi connectivity index (χ2n) is 3.78. The molecule has 1 aliphatic heterocycles. The van der Waals surface area contributed by atoms with E-state index < -0.39 is 0 Å². The summed E-state index contributed by atoms with van der Waals surface area (Å²) in [6.45, 7) is 1.55. The average Bonchev–Trinajstić information content (AvgIpc) is 2.99. The summed E-state index contributed by atoms with van der Waals surface area (Å²) < 4.78 is 7.37. The standard InChI is InChI=1S/C10H12N4OS/c1-2-9(15-5-1)10-12-8(7-16-10)6-14-4-3-11-13-14/h3-4,7,9H,1-2,5-6H2/t9-/m0/s1. The minimum Gasteiger partial charge on any atom is -0.371 e. The normalized spacial score (nSPS) is 20.4. The number of hydrogen-bond donors (Lipinski definition) is 0. The van der Waals surface area contributed by atoms with E-state index in [1.54, 1.807) is 22.2 Å². The Hall–Kier alpha value is -1.27. The highest BCUT2D eigenvalue weighted by molar-refractivity contribution is 7.09. The van der Waals surface area contributed by atoms with Gasteiger partial charge in [0.1, 0.15) is 11.1 Å². The molecule has 1 fully saturated rings. The summed E-state index contributed by atoms with van der Waals surface area (Å²) in [5.41, 5.74) is 1.03. The summed E-state index contributed by atoms with van der Waals surface area (Å²) in [7, 11) is 0. The van der Waals surface area contributed by atoms with Gasteiger partial charge in [-0.25, -0.2) is 9.67 Å². The topological polar surface area (TPSA) is 52.8 Å². The maximum Gasteiger partial charge on any atom is 0.122 e. The van der Waals surface area contributed by atoms with Crippen LogP contribution in [0.5, 0.6) is 0 Å². The predicted molar refractivity (Wildman–Crippen MR) is 59.2 cm³/mol. The number of nitrogens with zero attached hydrogens (tertiary/aromatic N) is 4. The van der Waals surface area contributed by atoms with Crippen LogP contribution in [-0.4, -0.2) is 26.6 Å². The van der Waals surface area contributed by atoms with Crippen molar-refractivity contribution in [2.75, 3.05) is 6.61 Å². The molecule has 1 atom stereocenters. The molecule has 0 unspecified atom stereocenters. The van der Waals surface area contributed by atoms with E-state index in [-0.39, 0.29) is 6.10 Å². The van der Waals surface area contributed by atoms with Crippen LogP contribution in [0.4, 0.5) is 0 Å². The number of thiazole rings is 1. The van der Waals surface area contributed by atoms with Gasteiger partial charge in [-0.1, -0.05) is 5.21 Å². The minimum atomic E-state index is 0.217. The van der Waals surface area contributed by atoms with Crippen molar-refractivity contribution in [3.05, 3.63) is 28.5 Å². The quantitative estimate of drug-likeness (QED) is 0.813. The van der Waals surface area contributed by atoms with Crippen LogP contribution in [0, 0.1) is 0 Å². The lowest BCUT2D eigenvalue weighted by Crippen LogP contribution is -2.02. The zero-order valence-corrected chi connectivity index (χ0v) is 9.56. The first kappa shape index (κ1) is 9.92. The van der Waals surface area contributed by atoms with Gasteiger partial charge in [-0.05, 0) is 12.8 Å². The summed E-state index contributed by atoms with van der Waals surface area (Å²) in [4.78, 5) is 4.57. The van der Waals surface area contributed by atoms with Crippen LogP contribution in [-0.2, 0) is 11.3 Å². The molecule has 3 heterocycles. The van der Waals surface area contributed by atoms with Gasteiger partial charge in [0, 0.05) is 18.2 Å². The van der Waals surface area contributed by atoms with Crippen molar-refractivity contribution < 1.29 is 4.74 Å². The average molecular weight is 236 g/mol. The fourth-order valence-electron chi connectivity index (χ4n) is 1.80. The third-order valence-electron chi connectivity index (χ3n) is 2.57. The maximum atomic E-state index is 5.60. The molecular weight excluding hydrogens is 224 g/mol. The van der Waals surface area contributed by atoms with Crippen molar-refractivity contribution in [2.24, 2.45) is 0 Å². The van der Waals surface area contributed by atoms with E-state index >= 15 is 0 Å². The molecule has 0 bridgehead atoms. The molecule has 0 aliphatic carbocycles. The van der Waals surface area contributed by atoms with Crippen molar-refractivity contribution in [3.8, 4) is 0 Å². The summed E-state index contributed by atoms with van der Waals surface area (Å²) in [6.07, 6.45) is 5.96. The highest BCUT2D eigenvalue weighted by Gasteiger charge is 2.20. The first-order chi connectivity index (χ1) is 7.92. The monoisotopic (exact) mass is 236 g/mol. The Balaban J connectivity index is 1.72. The lowest BCUT2D eigenvalue weighted by molar-refractivity contribution is 0.111. The number of ether oxygens (including phenoxy) is 1. The molecule has 6 heteroatoms. The zero-order valence-electron chi connectivity index (χ0n) is 8.74. The van der Waals surface area contributed by atoms with Gasteiger partial charge in [0.15, 0.2) is 0 Å². The summed E-state index contributed by atoms with van der Waals surface area (Å²) in [5.74, 6) is 0. The molecule has 0 N–H and O–H groups in total. The van der Waals surface area contributed by atoms with Crippen LogP contribution >= 0.6 is 11.3 Å². The van der Waals surface area contributed by atoms with Gasteiger partial charge >= 0.3 is 0 Å². The third kappa shape index (κ3) is 1.98.